The van der Waals surface area contributed by atoms with E-state index in [0.717, 1.165) is 25.7 Å². The Bertz CT molecular complexity index is 662. The van der Waals surface area contributed by atoms with E-state index in [4.69, 9.17) is 5.11 Å². The molecule has 5 nitrogen and oxygen atoms in total. The zero-order valence-corrected chi connectivity index (χ0v) is 16.8. The molecule has 0 heterocycles. The van der Waals surface area contributed by atoms with Gasteiger partial charge in [0.2, 0.25) is 0 Å². The predicted octanol–water partition coefficient (Wildman–Crippen LogP) is 3.76. The number of unbranched alkanes of at least 4 members (excludes halogenated alkanes) is 3. The van der Waals surface area contributed by atoms with E-state index < -0.39 is 24.3 Å². The fourth-order valence-corrected chi connectivity index (χ4v) is 4.27. The number of carbonyl (C=O) groups is 1. The maximum atomic E-state index is 13.6. The average Bonchev–Trinajstić information content (AvgIpc) is 2.94. The van der Waals surface area contributed by atoms with Crippen LogP contribution in [0.4, 0.5) is 4.39 Å². The molecule has 1 fully saturated rings. The van der Waals surface area contributed by atoms with Gasteiger partial charge < -0.3 is 20.4 Å². The van der Waals surface area contributed by atoms with Crippen molar-refractivity contribution in [3.05, 3.63) is 41.7 Å². The summed E-state index contributed by atoms with van der Waals surface area (Å²) in [6.07, 6.45) is 6.94. The molecule has 4 N–H and O–H groups in total. The number of hydrogen-bond acceptors (Lipinski definition) is 4. The highest BCUT2D eigenvalue weighted by Gasteiger charge is 2.40. The number of carboxylic acid groups (broad SMARTS) is 1. The second kappa shape index (κ2) is 12.1. The number of benzene rings is 1. The minimum Gasteiger partial charge on any atom is -0.481 e. The number of aliphatic hydroxyl groups is 3. The Morgan fingerprint density at radius 1 is 1.07 bits per heavy atom. The lowest BCUT2D eigenvalue weighted by atomic mass is 9.85. The zero-order chi connectivity index (χ0) is 21.2. The first-order valence-corrected chi connectivity index (χ1v) is 10.6. The molecule has 1 aromatic carbocycles. The highest BCUT2D eigenvalue weighted by molar-refractivity contribution is 5.66. The summed E-state index contributed by atoms with van der Waals surface area (Å²) >= 11 is 0. The van der Waals surface area contributed by atoms with Crippen LogP contribution in [0, 0.1) is 17.7 Å². The molecule has 5 atom stereocenters. The van der Waals surface area contributed by atoms with E-state index in [9.17, 15) is 24.5 Å². The third-order valence-corrected chi connectivity index (χ3v) is 5.90. The molecular weight excluding hydrogens is 375 g/mol. The van der Waals surface area contributed by atoms with Crippen molar-refractivity contribution in [2.45, 2.75) is 76.1 Å². The van der Waals surface area contributed by atoms with E-state index in [1.165, 1.54) is 6.07 Å². The summed E-state index contributed by atoms with van der Waals surface area (Å²) in [5.74, 6) is -1.19. The van der Waals surface area contributed by atoms with E-state index in [0.29, 0.717) is 31.2 Å². The van der Waals surface area contributed by atoms with Crippen molar-refractivity contribution in [1.82, 2.24) is 0 Å². The average molecular weight is 409 g/mol. The first kappa shape index (κ1) is 23.5. The topological polar surface area (TPSA) is 98.0 Å². The first-order valence-electron chi connectivity index (χ1n) is 10.6. The third kappa shape index (κ3) is 7.88. The van der Waals surface area contributed by atoms with Gasteiger partial charge in [0.05, 0.1) is 18.3 Å². The molecule has 1 aromatic rings. The maximum Gasteiger partial charge on any atom is 0.303 e. The van der Waals surface area contributed by atoms with E-state index in [2.05, 4.69) is 0 Å². The zero-order valence-electron chi connectivity index (χ0n) is 16.8. The molecule has 1 aliphatic rings. The largest absolute Gasteiger partial charge is 0.481 e. The highest BCUT2D eigenvalue weighted by atomic mass is 19.1. The molecule has 162 valence electrons. The quantitative estimate of drug-likeness (QED) is 0.395. The predicted molar refractivity (Wildman–Crippen MR) is 110 cm³/mol. The first-order chi connectivity index (χ1) is 13.9. The molecule has 1 saturated carbocycles. The summed E-state index contributed by atoms with van der Waals surface area (Å²) < 4.78 is 13.6. The van der Waals surface area contributed by atoms with Crippen LogP contribution >= 0.6 is 0 Å². The van der Waals surface area contributed by atoms with E-state index in [1.807, 2.05) is 0 Å². The van der Waals surface area contributed by atoms with Crippen LogP contribution in [0.1, 0.15) is 63.4 Å². The van der Waals surface area contributed by atoms with Crippen molar-refractivity contribution in [1.29, 1.82) is 0 Å². The number of rotatable bonds is 12. The maximum absolute atomic E-state index is 13.6. The summed E-state index contributed by atoms with van der Waals surface area (Å²) in [6, 6.07) is 6.36. The van der Waals surface area contributed by atoms with Gasteiger partial charge in [0.15, 0.2) is 0 Å². The molecule has 0 aliphatic heterocycles. The van der Waals surface area contributed by atoms with Gasteiger partial charge in [0.1, 0.15) is 5.82 Å². The molecule has 29 heavy (non-hydrogen) atoms. The van der Waals surface area contributed by atoms with Gasteiger partial charge in [0.25, 0.3) is 0 Å². The van der Waals surface area contributed by atoms with Crippen LogP contribution in [0.3, 0.4) is 0 Å². The SMILES string of the molecule is O=C(O)CCCCCCC1C(O)CC(O)C1CCC(O)C=Cc1ccccc1F. The van der Waals surface area contributed by atoms with Crippen LogP contribution < -0.4 is 0 Å². The summed E-state index contributed by atoms with van der Waals surface area (Å²) in [4.78, 5) is 10.5. The molecular formula is C23H33FO5. The van der Waals surface area contributed by atoms with E-state index in [1.54, 1.807) is 30.4 Å². The Hall–Kier alpha value is -1.76. The summed E-state index contributed by atoms with van der Waals surface area (Å²) in [6.45, 7) is 0. The molecule has 0 radical (unpaired) electrons. The Kier molecular flexibility index (Phi) is 9.78. The van der Waals surface area contributed by atoms with E-state index in [-0.39, 0.29) is 24.1 Å². The lowest BCUT2D eigenvalue weighted by Gasteiger charge is -2.24. The highest BCUT2D eigenvalue weighted by Crippen LogP contribution is 2.39. The van der Waals surface area contributed by atoms with Gasteiger partial charge in [-0.1, -0.05) is 49.6 Å². The molecule has 1 aliphatic carbocycles. The second-order valence-electron chi connectivity index (χ2n) is 8.07. The summed E-state index contributed by atoms with van der Waals surface area (Å²) in [5, 5.41) is 39.5. The van der Waals surface area contributed by atoms with Gasteiger partial charge in [-0.15, -0.1) is 0 Å². The number of aliphatic carboxylic acids is 1. The van der Waals surface area contributed by atoms with Gasteiger partial charge in [-0.05, 0) is 50.0 Å². The fourth-order valence-electron chi connectivity index (χ4n) is 4.27. The van der Waals surface area contributed by atoms with Crippen molar-refractivity contribution in [2.24, 2.45) is 11.8 Å². The van der Waals surface area contributed by atoms with Crippen LogP contribution in [0.5, 0.6) is 0 Å². The van der Waals surface area contributed by atoms with Gasteiger partial charge in [-0.3, -0.25) is 4.79 Å². The lowest BCUT2D eigenvalue weighted by molar-refractivity contribution is -0.137. The second-order valence-corrected chi connectivity index (χ2v) is 8.07. The van der Waals surface area contributed by atoms with Gasteiger partial charge in [0, 0.05) is 12.0 Å². The molecule has 0 amide bonds. The standard InChI is InChI=1S/C23H33FO5/c24-20-9-6-5-7-16(20)11-12-17(25)13-14-19-18(21(26)15-22(19)27)8-3-1-2-4-10-23(28)29/h5-7,9,11-12,17-19,21-22,25-27H,1-4,8,10,13-15H2,(H,28,29). The molecule has 0 saturated heterocycles. The minimum atomic E-state index is -0.776. The summed E-state index contributed by atoms with van der Waals surface area (Å²) in [5.41, 5.74) is 0.420. The fraction of sp³-hybridized carbons (Fsp3) is 0.609. The Labute approximate surface area is 171 Å². The van der Waals surface area contributed by atoms with Crippen molar-refractivity contribution < 1.29 is 29.6 Å². The van der Waals surface area contributed by atoms with Gasteiger partial charge in [-0.25, -0.2) is 4.39 Å². The van der Waals surface area contributed by atoms with Crippen molar-refractivity contribution in [3.8, 4) is 0 Å². The monoisotopic (exact) mass is 408 g/mol. The molecule has 6 heteroatoms. The van der Waals surface area contributed by atoms with Crippen LogP contribution in [0.25, 0.3) is 6.08 Å². The lowest BCUT2D eigenvalue weighted by Crippen LogP contribution is -2.23. The summed E-state index contributed by atoms with van der Waals surface area (Å²) in [7, 11) is 0. The van der Waals surface area contributed by atoms with Crippen LogP contribution in [-0.4, -0.2) is 44.7 Å². The normalized spacial score (nSPS) is 25.5. The molecule has 0 bridgehead atoms. The smallest absolute Gasteiger partial charge is 0.303 e. The molecule has 5 unspecified atom stereocenters. The van der Waals surface area contributed by atoms with Gasteiger partial charge in [-0.2, -0.15) is 0 Å². The molecule has 2 rings (SSSR count). The number of hydrogen-bond donors (Lipinski definition) is 4. The van der Waals surface area contributed by atoms with Crippen LogP contribution in [0.15, 0.2) is 30.3 Å². The minimum absolute atomic E-state index is 0.00720. The van der Waals surface area contributed by atoms with E-state index >= 15 is 0 Å². The number of carboxylic acids is 1. The third-order valence-electron chi connectivity index (χ3n) is 5.90. The van der Waals surface area contributed by atoms with Crippen molar-refractivity contribution in [3.63, 3.8) is 0 Å². The number of aliphatic hydroxyl groups excluding tert-OH is 3. The number of halogens is 1. The Morgan fingerprint density at radius 2 is 1.72 bits per heavy atom. The van der Waals surface area contributed by atoms with Crippen molar-refractivity contribution >= 4 is 12.0 Å². The molecule has 0 aromatic heterocycles. The Morgan fingerprint density at radius 3 is 2.41 bits per heavy atom. The molecule has 0 spiro atoms. The van der Waals surface area contributed by atoms with Crippen molar-refractivity contribution in [2.75, 3.05) is 0 Å². The van der Waals surface area contributed by atoms with Gasteiger partial charge >= 0.3 is 5.97 Å². The Balaban J connectivity index is 1.77. The van der Waals surface area contributed by atoms with Crippen LogP contribution in [0.2, 0.25) is 0 Å². The van der Waals surface area contributed by atoms with Crippen LogP contribution in [-0.2, 0) is 4.79 Å².